The number of benzene rings is 2. The molecule has 0 saturated carbocycles. The molecular formula is C19H19ClFNOS. The van der Waals surface area contributed by atoms with Crippen LogP contribution in [0.5, 0.6) is 0 Å². The molecule has 5 heteroatoms. The largest absolute Gasteiger partial charge is 0.349 e. The van der Waals surface area contributed by atoms with Crippen LogP contribution in [0.3, 0.4) is 0 Å². The van der Waals surface area contributed by atoms with Crippen LogP contribution in [0.4, 0.5) is 4.39 Å². The number of rotatable bonds is 5. The van der Waals surface area contributed by atoms with Gasteiger partial charge in [0.15, 0.2) is 0 Å². The third-order valence-electron chi connectivity index (χ3n) is 4.21. The predicted molar refractivity (Wildman–Crippen MR) is 97.8 cm³/mol. The summed E-state index contributed by atoms with van der Waals surface area (Å²) in [5.74, 6) is 0.641. The van der Waals surface area contributed by atoms with Gasteiger partial charge < -0.3 is 5.32 Å². The SMILES string of the molecule is O=C(CSCc1ccc(F)cc1Cl)N[C@H]1CCCc2ccccc21. The lowest BCUT2D eigenvalue weighted by atomic mass is 9.88. The molecule has 2 aromatic carbocycles. The Balaban J connectivity index is 1.52. The van der Waals surface area contributed by atoms with Gasteiger partial charge in [0.05, 0.1) is 11.8 Å². The Bertz CT molecular complexity index is 737. The van der Waals surface area contributed by atoms with Gasteiger partial charge in [-0.1, -0.05) is 41.9 Å². The first kappa shape index (κ1) is 17.3. The highest BCUT2D eigenvalue weighted by Crippen LogP contribution is 2.29. The quantitative estimate of drug-likeness (QED) is 0.818. The zero-order chi connectivity index (χ0) is 16.9. The summed E-state index contributed by atoms with van der Waals surface area (Å²) in [4.78, 5) is 12.2. The Labute approximate surface area is 150 Å². The zero-order valence-corrected chi connectivity index (χ0v) is 14.8. The van der Waals surface area contributed by atoms with Gasteiger partial charge in [-0.05, 0) is 48.1 Å². The molecule has 0 unspecified atom stereocenters. The maximum absolute atomic E-state index is 13.0. The monoisotopic (exact) mass is 363 g/mol. The molecule has 2 aromatic rings. The lowest BCUT2D eigenvalue weighted by molar-refractivity contribution is -0.119. The van der Waals surface area contributed by atoms with E-state index in [2.05, 4.69) is 17.4 Å². The van der Waals surface area contributed by atoms with Crippen LogP contribution < -0.4 is 5.32 Å². The highest BCUT2D eigenvalue weighted by atomic mass is 35.5. The number of aryl methyl sites for hydroxylation is 1. The molecule has 24 heavy (non-hydrogen) atoms. The molecule has 0 aromatic heterocycles. The molecule has 1 atom stereocenters. The number of carbonyl (C=O) groups is 1. The van der Waals surface area contributed by atoms with Crippen molar-refractivity contribution >= 4 is 29.3 Å². The molecule has 0 saturated heterocycles. The summed E-state index contributed by atoms with van der Waals surface area (Å²) in [5.41, 5.74) is 3.42. The molecule has 0 spiro atoms. The number of halogens is 2. The average Bonchev–Trinajstić information content (AvgIpc) is 2.57. The summed E-state index contributed by atoms with van der Waals surface area (Å²) < 4.78 is 13.0. The summed E-state index contributed by atoms with van der Waals surface area (Å²) in [7, 11) is 0. The molecule has 1 aliphatic rings. The second-order valence-corrected chi connectivity index (χ2v) is 7.33. The number of hydrogen-bond donors (Lipinski definition) is 1. The van der Waals surface area contributed by atoms with E-state index in [1.807, 2.05) is 12.1 Å². The summed E-state index contributed by atoms with van der Waals surface area (Å²) in [6.45, 7) is 0. The van der Waals surface area contributed by atoms with Crippen molar-refractivity contribution in [2.75, 3.05) is 5.75 Å². The molecule has 0 heterocycles. The van der Waals surface area contributed by atoms with Crippen LogP contribution in [0.2, 0.25) is 5.02 Å². The first-order valence-electron chi connectivity index (χ1n) is 8.02. The molecule has 126 valence electrons. The Kier molecular flexibility index (Phi) is 5.80. The Hall–Kier alpha value is -1.52. The lowest BCUT2D eigenvalue weighted by Gasteiger charge is -2.26. The molecule has 2 nitrogen and oxygen atoms in total. The van der Waals surface area contributed by atoms with E-state index in [9.17, 15) is 9.18 Å². The van der Waals surface area contributed by atoms with Crippen LogP contribution in [-0.2, 0) is 17.0 Å². The van der Waals surface area contributed by atoms with Crippen molar-refractivity contribution in [2.24, 2.45) is 0 Å². The normalized spacial score (nSPS) is 16.5. The van der Waals surface area contributed by atoms with Crippen molar-refractivity contribution in [1.29, 1.82) is 0 Å². The van der Waals surface area contributed by atoms with Gasteiger partial charge in [0.1, 0.15) is 5.82 Å². The van der Waals surface area contributed by atoms with Crippen LogP contribution in [-0.4, -0.2) is 11.7 Å². The van der Waals surface area contributed by atoms with E-state index in [0.717, 1.165) is 24.8 Å². The zero-order valence-electron chi connectivity index (χ0n) is 13.2. The molecule has 1 aliphatic carbocycles. The van der Waals surface area contributed by atoms with E-state index in [4.69, 9.17) is 11.6 Å². The summed E-state index contributed by atoms with van der Waals surface area (Å²) in [6, 6.07) is 12.8. The van der Waals surface area contributed by atoms with Gasteiger partial charge in [-0.25, -0.2) is 4.39 Å². The smallest absolute Gasteiger partial charge is 0.230 e. The molecule has 0 aliphatic heterocycles. The van der Waals surface area contributed by atoms with Crippen LogP contribution in [0.25, 0.3) is 0 Å². The van der Waals surface area contributed by atoms with Gasteiger partial charge in [-0.3, -0.25) is 4.79 Å². The van der Waals surface area contributed by atoms with E-state index in [1.54, 1.807) is 6.07 Å². The fourth-order valence-electron chi connectivity index (χ4n) is 3.03. The highest BCUT2D eigenvalue weighted by molar-refractivity contribution is 7.99. The predicted octanol–water partition coefficient (Wildman–Crippen LogP) is 4.91. The first-order chi connectivity index (χ1) is 11.6. The molecule has 1 amide bonds. The van der Waals surface area contributed by atoms with E-state index in [0.29, 0.717) is 16.5 Å². The number of fused-ring (bicyclic) bond motifs is 1. The van der Waals surface area contributed by atoms with E-state index >= 15 is 0 Å². The third-order valence-corrected chi connectivity index (χ3v) is 5.54. The van der Waals surface area contributed by atoms with Crippen molar-refractivity contribution in [3.05, 3.63) is 70.0 Å². The first-order valence-corrected chi connectivity index (χ1v) is 9.55. The van der Waals surface area contributed by atoms with E-state index < -0.39 is 0 Å². The van der Waals surface area contributed by atoms with Gasteiger partial charge in [-0.15, -0.1) is 11.8 Å². The Morgan fingerprint density at radius 3 is 2.96 bits per heavy atom. The van der Waals surface area contributed by atoms with E-state index in [-0.39, 0.29) is 17.8 Å². The van der Waals surface area contributed by atoms with Gasteiger partial charge in [0.2, 0.25) is 5.91 Å². The summed E-state index contributed by atoms with van der Waals surface area (Å²) in [5, 5.41) is 3.54. The van der Waals surface area contributed by atoms with Crippen molar-refractivity contribution in [3.63, 3.8) is 0 Å². The second-order valence-electron chi connectivity index (χ2n) is 5.94. The highest BCUT2D eigenvalue weighted by Gasteiger charge is 2.21. The number of thioether (sulfide) groups is 1. The summed E-state index contributed by atoms with van der Waals surface area (Å²) >= 11 is 7.49. The van der Waals surface area contributed by atoms with Crippen LogP contribution in [0, 0.1) is 5.82 Å². The van der Waals surface area contributed by atoms with Crippen molar-refractivity contribution < 1.29 is 9.18 Å². The van der Waals surface area contributed by atoms with Gasteiger partial charge >= 0.3 is 0 Å². The Morgan fingerprint density at radius 2 is 2.12 bits per heavy atom. The molecule has 3 rings (SSSR count). The van der Waals surface area contributed by atoms with Gasteiger partial charge in [-0.2, -0.15) is 0 Å². The Morgan fingerprint density at radius 1 is 1.29 bits per heavy atom. The topological polar surface area (TPSA) is 29.1 Å². The maximum Gasteiger partial charge on any atom is 0.230 e. The van der Waals surface area contributed by atoms with Crippen molar-refractivity contribution in [1.82, 2.24) is 5.32 Å². The number of hydrogen-bond acceptors (Lipinski definition) is 2. The van der Waals surface area contributed by atoms with Crippen LogP contribution in [0.1, 0.15) is 35.6 Å². The minimum absolute atomic E-state index is 0.0277. The summed E-state index contributed by atoms with van der Waals surface area (Å²) in [6.07, 6.45) is 3.16. The molecule has 0 radical (unpaired) electrons. The minimum Gasteiger partial charge on any atom is -0.349 e. The average molecular weight is 364 g/mol. The maximum atomic E-state index is 13.0. The van der Waals surface area contributed by atoms with Crippen LogP contribution >= 0.6 is 23.4 Å². The van der Waals surface area contributed by atoms with Crippen LogP contribution in [0.15, 0.2) is 42.5 Å². The number of nitrogens with one attached hydrogen (secondary N) is 1. The standard InChI is InChI=1S/C19H19ClFNOS/c20-17-10-15(21)9-8-14(17)11-24-12-19(23)22-18-7-3-5-13-4-1-2-6-16(13)18/h1-2,4,6,8-10,18H,3,5,7,11-12H2,(H,22,23)/t18-/m0/s1. The lowest BCUT2D eigenvalue weighted by Crippen LogP contribution is -2.32. The second kappa shape index (κ2) is 8.04. The van der Waals surface area contributed by atoms with E-state index in [1.165, 1.54) is 35.0 Å². The van der Waals surface area contributed by atoms with Crippen molar-refractivity contribution in [3.8, 4) is 0 Å². The third kappa shape index (κ3) is 4.31. The molecular weight excluding hydrogens is 345 g/mol. The minimum atomic E-state index is -0.345. The number of carbonyl (C=O) groups excluding carboxylic acids is 1. The number of amides is 1. The fraction of sp³-hybridized carbons (Fsp3) is 0.316. The van der Waals surface area contributed by atoms with Gasteiger partial charge in [0, 0.05) is 10.8 Å². The van der Waals surface area contributed by atoms with Gasteiger partial charge in [0.25, 0.3) is 0 Å². The molecule has 0 bridgehead atoms. The fourth-order valence-corrected chi connectivity index (χ4v) is 4.19. The van der Waals surface area contributed by atoms with Crippen molar-refractivity contribution in [2.45, 2.75) is 31.1 Å². The molecule has 1 N–H and O–H groups in total. The molecule has 0 fully saturated rings.